The number of allylic oxidation sites excluding steroid dienone is 1. The minimum absolute atomic E-state index is 0.00831. The Labute approximate surface area is 423 Å². The number of anilines is 2. The maximum atomic E-state index is 2.83. The average Bonchev–Trinajstić information content (AvgIpc) is 3.89. The summed E-state index contributed by atoms with van der Waals surface area (Å²) in [5.41, 5.74) is 24.8. The Morgan fingerprint density at radius 1 is 0.423 bits per heavy atom. The third-order valence-electron chi connectivity index (χ3n) is 16.9. The molecule has 0 saturated heterocycles. The van der Waals surface area contributed by atoms with Gasteiger partial charge in [0.25, 0.3) is 0 Å². The fourth-order valence-corrected chi connectivity index (χ4v) is 12.7. The molecule has 7 aromatic carbocycles. The number of hydrogen-bond donors (Lipinski definition) is 0. The summed E-state index contributed by atoms with van der Waals surface area (Å²) in [5, 5.41) is 5.27. The first-order valence-corrected chi connectivity index (χ1v) is 26.3. The van der Waals surface area contributed by atoms with Crippen molar-refractivity contribution in [2.45, 2.75) is 150 Å². The van der Waals surface area contributed by atoms with Gasteiger partial charge in [-0.1, -0.05) is 178 Å². The fraction of sp³-hybridized carbons (Fsp3) is 0.343. The summed E-state index contributed by atoms with van der Waals surface area (Å²) < 4.78 is 5.41. The number of aromatic nitrogens is 2. The second kappa shape index (κ2) is 14.5. The molecule has 0 atom stereocenters. The van der Waals surface area contributed by atoms with Gasteiger partial charge in [0.15, 0.2) is 0 Å². The summed E-state index contributed by atoms with van der Waals surface area (Å²) in [4.78, 5) is 2.70. The standard InChI is InChI=1S/C67H72BN3/c1-62(2,3)39-23-27-45(28-24-39)70-55-38-43(66(13,14)15)35-48-49-36-42(65(10,11)12)37-51-56-54(32-29-46-47-33-41(64(7,8)9)26-31-53(47)69(59(46)56)44-21-19-18-20-22-44)71(58(49)51)68(57(48)55)61-60(70)50-34-40(63(4,5)6)25-30-52(50)67(61,16)17/h18-38H,1-17H3. The Balaban J connectivity index is 1.31. The summed E-state index contributed by atoms with van der Waals surface area (Å²) in [7, 11) is 0. The van der Waals surface area contributed by atoms with Gasteiger partial charge in [0.1, 0.15) is 0 Å². The van der Waals surface area contributed by atoms with Crippen molar-refractivity contribution < 1.29 is 0 Å². The summed E-state index contributed by atoms with van der Waals surface area (Å²) in [6.45, 7) is 40.4. The lowest BCUT2D eigenvalue weighted by Crippen LogP contribution is -2.52. The normalized spacial score (nSPS) is 15.7. The Kier molecular flexibility index (Phi) is 9.34. The van der Waals surface area contributed by atoms with E-state index in [1.165, 1.54) is 127 Å². The monoisotopic (exact) mass is 930 g/mol. The molecular weight excluding hydrogens is 858 g/mol. The maximum absolute atomic E-state index is 2.83. The van der Waals surface area contributed by atoms with Gasteiger partial charge >= 0.3 is 6.85 Å². The van der Waals surface area contributed by atoms with Crippen molar-refractivity contribution in [2.75, 3.05) is 4.90 Å². The molecule has 0 bridgehead atoms. The van der Waals surface area contributed by atoms with Crippen molar-refractivity contribution in [3.05, 3.63) is 172 Å². The molecule has 3 aliphatic rings. The smallest absolute Gasteiger partial charge is 0.329 e. The van der Waals surface area contributed by atoms with Crippen LogP contribution >= 0.6 is 0 Å². The molecule has 0 unspecified atom stereocenters. The predicted molar refractivity (Wildman–Crippen MR) is 308 cm³/mol. The lowest BCUT2D eigenvalue weighted by molar-refractivity contribution is 0.588. The van der Waals surface area contributed by atoms with E-state index in [1.54, 1.807) is 0 Å². The van der Waals surface area contributed by atoms with E-state index in [0.29, 0.717) is 0 Å². The van der Waals surface area contributed by atoms with Gasteiger partial charge in [-0.05, 0) is 144 Å². The Morgan fingerprint density at radius 3 is 1.59 bits per heavy atom. The van der Waals surface area contributed by atoms with Gasteiger partial charge in [-0.3, -0.25) is 0 Å². The van der Waals surface area contributed by atoms with Crippen LogP contribution < -0.4 is 10.4 Å². The predicted octanol–water partition coefficient (Wildman–Crippen LogP) is 17.5. The molecule has 2 aliphatic heterocycles. The first-order chi connectivity index (χ1) is 33.2. The molecule has 71 heavy (non-hydrogen) atoms. The second-order valence-corrected chi connectivity index (χ2v) is 27.2. The average molecular weight is 930 g/mol. The molecule has 4 heteroatoms. The van der Waals surface area contributed by atoms with Gasteiger partial charge in [-0.25, -0.2) is 0 Å². The number of benzene rings is 7. The molecule has 0 spiro atoms. The van der Waals surface area contributed by atoms with Gasteiger partial charge < -0.3 is 13.9 Å². The van der Waals surface area contributed by atoms with Crippen molar-refractivity contribution in [3.63, 3.8) is 0 Å². The maximum Gasteiger partial charge on any atom is 0.329 e. The molecule has 9 aromatic rings. The molecule has 358 valence electrons. The lowest BCUT2D eigenvalue weighted by atomic mass is 9.40. The highest BCUT2D eigenvalue weighted by molar-refractivity contribution is 6.85. The van der Waals surface area contributed by atoms with Crippen molar-refractivity contribution in [1.82, 2.24) is 9.05 Å². The van der Waals surface area contributed by atoms with E-state index in [2.05, 4.69) is 259 Å². The molecule has 2 aromatic heterocycles. The SMILES string of the molecule is CC(C)(C)c1ccc(N2C3=C(B4c5c(cc(C(C)(C)C)cc52)-c2cc(C(C)(C)C)cc5c6c(ccc7c8cc(C(C)(C)C)ccc8n(-c8ccccc8)c76)n4c25)C(C)(C)c2ccc(C(C)(C)C)cc23)cc1. The molecule has 0 fully saturated rings. The third kappa shape index (κ3) is 6.54. The van der Waals surface area contributed by atoms with E-state index < -0.39 is 0 Å². The molecule has 1 aliphatic carbocycles. The van der Waals surface area contributed by atoms with Crippen molar-refractivity contribution in [1.29, 1.82) is 0 Å². The summed E-state index contributed by atoms with van der Waals surface area (Å²) >= 11 is 0. The van der Waals surface area contributed by atoms with Crippen LogP contribution in [0.25, 0.3) is 66.1 Å². The zero-order valence-corrected chi connectivity index (χ0v) is 45.5. The van der Waals surface area contributed by atoms with Gasteiger partial charge in [-0.15, -0.1) is 0 Å². The van der Waals surface area contributed by atoms with E-state index in [0.717, 1.165) is 0 Å². The Morgan fingerprint density at radius 2 is 0.958 bits per heavy atom. The van der Waals surface area contributed by atoms with Crippen LogP contribution in [0, 0.1) is 0 Å². The Hall–Kier alpha value is -6.26. The number of hydrogen-bond acceptors (Lipinski definition) is 1. The van der Waals surface area contributed by atoms with E-state index in [9.17, 15) is 0 Å². The number of rotatable bonds is 2. The first kappa shape index (κ1) is 45.9. The fourth-order valence-electron chi connectivity index (χ4n) is 12.7. The van der Waals surface area contributed by atoms with Gasteiger partial charge in [0.05, 0.1) is 11.0 Å². The van der Waals surface area contributed by atoms with E-state index in [1.807, 2.05) is 0 Å². The summed E-state index contributed by atoms with van der Waals surface area (Å²) in [6.07, 6.45) is 0. The molecule has 0 N–H and O–H groups in total. The molecule has 0 amide bonds. The number of para-hydroxylation sites is 1. The summed E-state index contributed by atoms with van der Waals surface area (Å²) in [6, 6.07) is 50.6. The zero-order chi connectivity index (χ0) is 50.4. The minimum Gasteiger partial charge on any atom is -0.375 e. The van der Waals surface area contributed by atoms with Gasteiger partial charge in [0.2, 0.25) is 0 Å². The Bertz CT molecular complexity index is 3780. The van der Waals surface area contributed by atoms with Gasteiger partial charge in [0, 0.05) is 71.9 Å². The molecule has 12 rings (SSSR count). The highest BCUT2D eigenvalue weighted by Crippen LogP contribution is 2.58. The topological polar surface area (TPSA) is 13.1 Å². The van der Waals surface area contributed by atoms with Crippen LogP contribution in [-0.4, -0.2) is 15.9 Å². The van der Waals surface area contributed by atoms with Crippen molar-refractivity contribution in [2.24, 2.45) is 0 Å². The van der Waals surface area contributed by atoms with Crippen LogP contribution in [0.15, 0.2) is 133 Å². The highest BCUT2D eigenvalue weighted by atomic mass is 15.2. The van der Waals surface area contributed by atoms with Crippen LogP contribution in [0.2, 0.25) is 0 Å². The molecule has 3 nitrogen and oxygen atoms in total. The van der Waals surface area contributed by atoms with E-state index >= 15 is 0 Å². The molecule has 0 saturated carbocycles. The van der Waals surface area contributed by atoms with Crippen molar-refractivity contribution >= 4 is 73.0 Å². The highest BCUT2D eigenvalue weighted by Gasteiger charge is 2.54. The lowest BCUT2D eigenvalue weighted by Gasteiger charge is -2.44. The molecule has 0 radical (unpaired) electrons. The zero-order valence-electron chi connectivity index (χ0n) is 45.5. The van der Waals surface area contributed by atoms with Crippen molar-refractivity contribution in [3.8, 4) is 16.8 Å². The number of fused-ring (bicyclic) bond motifs is 12. The largest absolute Gasteiger partial charge is 0.375 e. The number of nitrogens with zero attached hydrogens (tertiary/aromatic N) is 3. The van der Waals surface area contributed by atoms with E-state index in [4.69, 9.17) is 0 Å². The van der Waals surface area contributed by atoms with Gasteiger partial charge in [-0.2, -0.15) is 0 Å². The van der Waals surface area contributed by atoms with Crippen LogP contribution in [-0.2, 0) is 32.5 Å². The molecule has 4 heterocycles. The van der Waals surface area contributed by atoms with Crippen LogP contribution in [0.5, 0.6) is 0 Å². The van der Waals surface area contributed by atoms with E-state index in [-0.39, 0.29) is 39.3 Å². The molecular formula is C67H72BN3. The first-order valence-electron chi connectivity index (χ1n) is 26.3. The van der Waals surface area contributed by atoms with Crippen LogP contribution in [0.3, 0.4) is 0 Å². The quantitative estimate of drug-likeness (QED) is 0.157. The third-order valence-corrected chi connectivity index (χ3v) is 16.9. The second-order valence-electron chi connectivity index (χ2n) is 27.2. The van der Waals surface area contributed by atoms with Crippen LogP contribution in [0.1, 0.15) is 157 Å². The van der Waals surface area contributed by atoms with Crippen LogP contribution in [0.4, 0.5) is 11.4 Å². The minimum atomic E-state index is -0.300. The summed E-state index contributed by atoms with van der Waals surface area (Å²) in [5.74, 6) is 0.